The van der Waals surface area contributed by atoms with Gasteiger partial charge in [0, 0.05) is 19.6 Å². The average molecular weight is 361 g/mol. The molecule has 134 valence electrons. The smallest absolute Gasteiger partial charge is 0.295 e. The highest BCUT2D eigenvalue weighted by molar-refractivity contribution is 7.89. The molecule has 0 aromatic heterocycles. The highest BCUT2D eigenvalue weighted by Crippen LogP contribution is 2.25. The summed E-state index contributed by atoms with van der Waals surface area (Å²) >= 11 is 0. The average Bonchev–Trinajstić information content (AvgIpc) is 2.47. The number of morpholine rings is 1. The van der Waals surface area contributed by atoms with Crippen LogP contribution in [0.15, 0.2) is 18.2 Å². The van der Waals surface area contributed by atoms with Gasteiger partial charge < -0.3 is 10.1 Å². The van der Waals surface area contributed by atoms with Crippen LogP contribution in [-0.4, -0.2) is 55.2 Å². The quantitative estimate of drug-likeness (QED) is 0.610. The molecular formula is C14H20FN3O5S. The van der Waals surface area contributed by atoms with Crippen molar-refractivity contribution in [2.24, 2.45) is 0 Å². The Morgan fingerprint density at radius 3 is 2.58 bits per heavy atom. The molecule has 1 aromatic carbocycles. The van der Waals surface area contributed by atoms with E-state index in [0.717, 1.165) is 12.1 Å². The number of sulfonamides is 1. The molecule has 2 rings (SSSR count). The Kier molecular flexibility index (Phi) is 5.73. The van der Waals surface area contributed by atoms with Gasteiger partial charge in [0.15, 0.2) is 0 Å². The summed E-state index contributed by atoms with van der Waals surface area (Å²) in [7, 11) is -3.51. The van der Waals surface area contributed by atoms with E-state index in [4.69, 9.17) is 4.74 Å². The highest BCUT2D eigenvalue weighted by Gasteiger charge is 2.30. The summed E-state index contributed by atoms with van der Waals surface area (Å²) < 4.78 is 44.7. The molecule has 1 fully saturated rings. The second kappa shape index (κ2) is 7.41. The molecule has 0 amide bonds. The first-order valence-corrected chi connectivity index (χ1v) is 9.11. The van der Waals surface area contributed by atoms with Crippen molar-refractivity contribution in [3.63, 3.8) is 0 Å². The second-order valence-electron chi connectivity index (χ2n) is 5.74. The third-order valence-corrected chi connectivity index (χ3v) is 5.42. The van der Waals surface area contributed by atoms with Gasteiger partial charge in [0.25, 0.3) is 5.69 Å². The number of halogens is 1. The van der Waals surface area contributed by atoms with Crippen molar-refractivity contribution in [2.75, 3.05) is 30.7 Å². The van der Waals surface area contributed by atoms with Crippen LogP contribution in [0.25, 0.3) is 0 Å². The summed E-state index contributed by atoms with van der Waals surface area (Å²) in [6.45, 7) is 4.15. The molecule has 1 aromatic rings. The van der Waals surface area contributed by atoms with Gasteiger partial charge in [0.1, 0.15) is 11.5 Å². The van der Waals surface area contributed by atoms with Crippen LogP contribution in [0.4, 0.5) is 15.8 Å². The zero-order valence-electron chi connectivity index (χ0n) is 13.4. The molecule has 0 radical (unpaired) electrons. The van der Waals surface area contributed by atoms with Gasteiger partial charge >= 0.3 is 0 Å². The lowest BCUT2D eigenvalue weighted by Crippen LogP contribution is -2.49. The molecule has 0 saturated carbocycles. The summed E-state index contributed by atoms with van der Waals surface area (Å²) in [5.74, 6) is -0.947. The largest absolute Gasteiger partial charge is 0.378 e. The van der Waals surface area contributed by atoms with Crippen molar-refractivity contribution in [3.8, 4) is 0 Å². The van der Waals surface area contributed by atoms with Crippen molar-refractivity contribution in [2.45, 2.75) is 26.1 Å². The van der Waals surface area contributed by atoms with Gasteiger partial charge in [-0.15, -0.1) is 0 Å². The summed E-state index contributed by atoms with van der Waals surface area (Å²) in [6, 6.07) is 3.09. The molecule has 0 aliphatic carbocycles. The molecule has 1 heterocycles. The van der Waals surface area contributed by atoms with Crippen LogP contribution in [0.1, 0.15) is 13.8 Å². The van der Waals surface area contributed by atoms with Crippen molar-refractivity contribution in [3.05, 3.63) is 34.1 Å². The van der Waals surface area contributed by atoms with Gasteiger partial charge in [0.05, 0.1) is 29.0 Å². The fraction of sp³-hybridized carbons (Fsp3) is 0.571. The number of benzene rings is 1. The van der Waals surface area contributed by atoms with Gasteiger partial charge in [-0.25, -0.2) is 12.8 Å². The number of hydrogen-bond donors (Lipinski definition) is 1. The van der Waals surface area contributed by atoms with Gasteiger partial charge in [-0.2, -0.15) is 4.31 Å². The molecule has 0 unspecified atom stereocenters. The van der Waals surface area contributed by atoms with Crippen molar-refractivity contribution >= 4 is 21.4 Å². The monoisotopic (exact) mass is 361 g/mol. The number of ether oxygens (including phenoxy) is 1. The molecule has 0 bridgehead atoms. The number of nitrogens with one attached hydrogen (secondary N) is 1. The zero-order chi connectivity index (χ0) is 17.9. The Hall–Kier alpha value is -1.78. The number of nitrogens with zero attached hydrogens (tertiary/aromatic N) is 2. The van der Waals surface area contributed by atoms with E-state index in [0.29, 0.717) is 0 Å². The predicted molar refractivity (Wildman–Crippen MR) is 86.9 cm³/mol. The van der Waals surface area contributed by atoms with Crippen LogP contribution < -0.4 is 5.32 Å². The second-order valence-corrected chi connectivity index (χ2v) is 7.82. The topological polar surface area (TPSA) is 102 Å². The Morgan fingerprint density at radius 2 is 2.00 bits per heavy atom. The maximum absolute atomic E-state index is 13.1. The molecule has 1 saturated heterocycles. The lowest BCUT2D eigenvalue weighted by Gasteiger charge is -2.34. The van der Waals surface area contributed by atoms with Crippen LogP contribution in [-0.2, 0) is 14.8 Å². The summed E-state index contributed by atoms with van der Waals surface area (Å²) in [4.78, 5) is 10.2. The number of rotatable bonds is 6. The first-order chi connectivity index (χ1) is 11.2. The molecule has 2 atom stereocenters. The minimum absolute atomic E-state index is 0.0189. The molecule has 10 heteroatoms. The Morgan fingerprint density at radius 1 is 1.38 bits per heavy atom. The molecule has 24 heavy (non-hydrogen) atoms. The first kappa shape index (κ1) is 18.6. The molecule has 1 N–H and O–H groups in total. The number of hydrogen-bond acceptors (Lipinski definition) is 6. The van der Waals surface area contributed by atoms with Gasteiger partial charge in [-0.05, 0) is 26.0 Å². The van der Waals surface area contributed by atoms with Crippen LogP contribution in [0.2, 0.25) is 0 Å². The van der Waals surface area contributed by atoms with E-state index < -0.39 is 26.5 Å². The van der Waals surface area contributed by atoms with E-state index in [9.17, 15) is 22.9 Å². The minimum Gasteiger partial charge on any atom is -0.378 e. The van der Waals surface area contributed by atoms with Crippen LogP contribution in [0, 0.1) is 15.9 Å². The van der Waals surface area contributed by atoms with E-state index in [2.05, 4.69) is 5.32 Å². The summed E-state index contributed by atoms with van der Waals surface area (Å²) in [5, 5.41) is 13.6. The lowest BCUT2D eigenvalue weighted by atomic mass is 10.2. The summed E-state index contributed by atoms with van der Waals surface area (Å²) in [6.07, 6.45) is -0.371. The predicted octanol–water partition coefficient (Wildman–Crippen LogP) is 1.58. The normalized spacial score (nSPS) is 22.3. The number of nitro benzene ring substituents is 1. The van der Waals surface area contributed by atoms with E-state index in [1.807, 2.05) is 0 Å². The maximum Gasteiger partial charge on any atom is 0.295 e. The summed E-state index contributed by atoms with van der Waals surface area (Å²) in [5.41, 5.74) is -0.346. The van der Waals surface area contributed by atoms with Crippen LogP contribution >= 0.6 is 0 Å². The Balaban J connectivity index is 2.00. The molecule has 1 aliphatic heterocycles. The Labute approximate surface area is 139 Å². The standard InChI is InChI=1S/C14H20FN3O5S/c1-10-8-17(9-11(2)23-10)24(21,22)6-5-16-13-4-3-12(15)7-14(13)18(19)20/h3-4,7,10-11,16H,5-6,8-9H2,1-2H3/t10-,11+. The minimum atomic E-state index is -3.51. The zero-order valence-corrected chi connectivity index (χ0v) is 14.3. The van der Waals surface area contributed by atoms with Crippen molar-refractivity contribution < 1.29 is 22.5 Å². The van der Waals surface area contributed by atoms with E-state index in [1.165, 1.54) is 10.4 Å². The van der Waals surface area contributed by atoms with Crippen molar-refractivity contribution in [1.29, 1.82) is 0 Å². The third kappa shape index (κ3) is 4.62. The van der Waals surface area contributed by atoms with Gasteiger partial charge in [-0.1, -0.05) is 0 Å². The fourth-order valence-electron chi connectivity index (χ4n) is 2.61. The van der Waals surface area contributed by atoms with Gasteiger partial charge in [-0.3, -0.25) is 10.1 Å². The number of nitro groups is 1. The van der Waals surface area contributed by atoms with E-state index in [1.54, 1.807) is 13.8 Å². The first-order valence-electron chi connectivity index (χ1n) is 7.50. The third-order valence-electron chi connectivity index (χ3n) is 3.61. The van der Waals surface area contributed by atoms with Crippen LogP contribution in [0.5, 0.6) is 0 Å². The fourth-order valence-corrected chi connectivity index (χ4v) is 4.10. The molecule has 1 aliphatic rings. The Bertz CT molecular complexity index is 702. The molecule has 0 spiro atoms. The number of anilines is 1. The highest BCUT2D eigenvalue weighted by atomic mass is 32.2. The van der Waals surface area contributed by atoms with Crippen LogP contribution in [0.3, 0.4) is 0 Å². The SMILES string of the molecule is C[C@@H]1CN(S(=O)(=O)CCNc2ccc(F)cc2[N+](=O)[O-])C[C@H](C)O1. The van der Waals surface area contributed by atoms with Crippen molar-refractivity contribution in [1.82, 2.24) is 4.31 Å². The molecular weight excluding hydrogens is 341 g/mol. The van der Waals surface area contributed by atoms with E-state index in [-0.39, 0.29) is 43.3 Å². The lowest BCUT2D eigenvalue weighted by molar-refractivity contribution is -0.384. The maximum atomic E-state index is 13.1. The van der Waals surface area contributed by atoms with E-state index >= 15 is 0 Å². The van der Waals surface area contributed by atoms with Gasteiger partial charge in [0.2, 0.25) is 10.0 Å². The molecule has 8 nitrogen and oxygen atoms in total.